The molecule has 1 aromatic heterocycles. The van der Waals surface area contributed by atoms with E-state index in [4.69, 9.17) is 9.47 Å². The van der Waals surface area contributed by atoms with Gasteiger partial charge in [-0.15, -0.1) is 0 Å². The smallest absolute Gasteiger partial charge is 0.257 e. The lowest BCUT2D eigenvalue weighted by molar-refractivity contribution is -0.116. The van der Waals surface area contributed by atoms with Crippen LogP contribution in [-0.4, -0.2) is 29.1 Å². The second-order valence-corrected chi connectivity index (χ2v) is 8.25. The van der Waals surface area contributed by atoms with Gasteiger partial charge in [-0.05, 0) is 37.1 Å². The third-order valence-electron chi connectivity index (χ3n) is 5.12. The van der Waals surface area contributed by atoms with Crippen LogP contribution in [0.5, 0.6) is 11.5 Å². The second-order valence-electron chi connectivity index (χ2n) is 7.28. The topological polar surface area (TPSA) is 93.3 Å². The Morgan fingerprint density at radius 2 is 1.78 bits per heavy atom. The van der Waals surface area contributed by atoms with E-state index in [1.807, 2.05) is 62.4 Å². The summed E-state index contributed by atoms with van der Waals surface area (Å²) in [5.74, 6) is 1.62. The lowest BCUT2D eigenvalue weighted by Crippen LogP contribution is -2.31. The molecule has 0 saturated heterocycles. The van der Waals surface area contributed by atoms with Crippen molar-refractivity contribution in [2.45, 2.75) is 37.1 Å². The van der Waals surface area contributed by atoms with Crippen LogP contribution in [0.15, 0.2) is 58.5 Å². The summed E-state index contributed by atoms with van der Waals surface area (Å²) >= 11 is 1.42. The molecule has 8 heteroatoms. The van der Waals surface area contributed by atoms with E-state index in [1.165, 1.54) is 11.8 Å². The van der Waals surface area contributed by atoms with Crippen LogP contribution in [0.2, 0.25) is 0 Å². The first kappa shape index (κ1) is 22.0. The van der Waals surface area contributed by atoms with Gasteiger partial charge in [-0.25, -0.2) is 4.98 Å². The monoisotopic (exact) mass is 451 g/mol. The van der Waals surface area contributed by atoms with E-state index in [9.17, 15) is 9.59 Å². The average Bonchev–Trinajstić information content (AvgIpc) is 2.79. The Morgan fingerprint density at radius 1 is 1.03 bits per heavy atom. The third-order valence-corrected chi connectivity index (χ3v) is 6.06. The third kappa shape index (κ3) is 4.80. The zero-order chi connectivity index (χ0) is 22.5. The molecular formula is C24H25N3O4S. The van der Waals surface area contributed by atoms with E-state index >= 15 is 0 Å². The molecule has 1 aliphatic heterocycles. The van der Waals surface area contributed by atoms with Crippen LogP contribution in [0, 0.1) is 0 Å². The highest BCUT2D eigenvalue weighted by molar-refractivity contribution is 7.98. The molecule has 0 radical (unpaired) electrons. The zero-order valence-corrected chi connectivity index (χ0v) is 18.8. The van der Waals surface area contributed by atoms with Gasteiger partial charge in [0.1, 0.15) is 5.82 Å². The van der Waals surface area contributed by atoms with Gasteiger partial charge >= 0.3 is 0 Å². The van der Waals surface area contributed by atoms with Crippen molar-refractivity contribution in [3.63, 3.8) is 0 Å². The predicted molar refractivity (Wildman–Crippen MR) is 125 cm³/mol. The molecule has 0 spiro atoms. The van der Waals surface area contributed by atoms with Crippen LogP contribution in [-0.2, 0) is 10.5 Å². The van der Waals surface area contributed by atoms with Crippen molar-refractivity contribution >= 4 is 23.5 Å². The molecule has 1 aliphatic rings. The van der Waals surface area contributed by atoms with Gasteiger partial charge in [-0.2, -0.15) is 0 Å². The molecule has 0 aliphatic carbocycles. The lowest BCUT2D eigenvalue weighted by atomic mass is 9.86. The number of thioether (sulfide) groups is 1. The molecule has 32 heavy (non-hydrogen) atoms. The van der Waals surface area contributed by atoms with Gasteiger partial charge in [0.2, 0.25) is 5.91 Å². The van der Waals surface area contributed by atoms with Crippen LogP contribution >= 0.6 is 11.8 Å². The number of nitrogens with one attached hydrogen (secondary N) is 2. The molecule has 2 aromatic carbocycles. The van der Waals surface area contributed by atoms with Crippen molar-refractivity contribution in [1.29, 1.82) is 0 Å². The van der Waals surface area contributed by atoms with Crippen LogP contribution in [0.1, 0.15) is 42.9 Å². The number of carbonyl (C=O) groups is 1. The molecule has 7 nitrogen and oxygen atoms in total. The number of rotatable bonds is 8. The van der Waals surface area contributed by atoms with Gasteiger partial charge in [0, 0.05) is 18.1 Å². The van der Waals surface area contributed by atoms with E-state index < -0.39 is 5.92 Å². The van der Waals surface area contributed by atoms with Crippen molar-refractivity contribution in [3.8, 4) is 11.5 Å². The largest absolute Gasteiger partial charge is 0.490 e. The highest BCUT2D eigenvalue weighted by atomic mass is 32.2. The number of aromatic nitrogens is 2. The van der Waals surface area contributed by atoms with Gasteiger partial charge in [0.15, 0.2) is 16.7 Å². The maximum Gasteiger partial charge on any atom is 0.257 e. The molecule has 0 bridgehead atoms. The zero-order valence-electron chi connectivity index (χ0n) is 18.0. The first-order valence-corrected chi connectivity index (χ1v) is 11.6. The van der Waals surface area contributed by atoms with Gasteiger partial charge in [0.05, 0.1) is 18.8 Å². The molecule has 4 rings (SSSR count). The summed E-state index contributed by atoms with van der Waals surface area (Å²) in [6.45, 7) is 4.80. The van der Waals surface area contributed by atoms with E-state index in [-0.39, 0.29) is 17.9 Å². The molecular weight excluding hydrogens is 426 g/mol. The Kier molecular flexibility index (Phi) is 6.80. The minimum atomic E-state index is -0.418. The quantitative estimate of drug-likeness (QED) is 0.391. The first-order chi connectivity index (χ1) is 15.6. The van der Waals surface area contributed by atoms with E-state index in [1.54, 1.807) is 0 Å². The molecule has 2 N–H and O–H groups in total. The number of hydrogen-bond acceptors (Lipinski definition) is 6. The van der Waals surface area contributed by atoms with Crippen LogP contribution in [0.25, 0.3) is 0 Å². The molecule has 166 valence electrons. The van der Waals surface area contributed by atoms with Crippen molar-refractivity contribution in [2.75, 3.05) is 18.5 Å². The van der Waals surface area contributed by atoms with Crippen LogP contribution < -0.4 is 20.3 Å². The minimum Gasteiger partial charge on any atom is -0.490 e. The summed E-state index contributed by atoms with van der Waals surface area (Å²) in [5.41, 5.74) is 2.14. The fourth-order valence-corrected chi connectivity index (χ4v) is 4.53. The van der Waals surface area contributed by atoms with Crippen molar-refractivity contribution in [1.82, 2.24) is 9.97 Å². The van der Waals surface area contributed by atoms with Gasteiger partial charge in [-0.3, -0.25) is 9.59 Å². The van der Waals surface area contributed by atoms with Gasteiger partial charge in [0.25, 0.3) is 5.56 Å². The maximum atomic E-state index is 13.1. The number of anilines is 1. The summed E-state index contributed by atoms with van der Waals surface area (Å²) < 4.78 is 11.4. The molecule has 1 amide bonds. The fraction of sp³-hybridized carbons (Fsp3) is 0.292. The Labute approximate surface area is 190 Å². The number of nitrogens with zero attached hydrogens (tertiary/aromatic N) is 1. The standard InChI is InChI=1S/C24H25N3O4S/c1-3-30-18-11-10-16(12-19(18)31-4-2)17-13-20(28)25-22-21(17)23(29)27-24(26-22)32-14-15-8-6-5-7-9-15/h5-12,17H,3-4,13-14H2,1-2H3,(H2,25,26,27,28,29)/t17-/m1/s1. The van der Waals surface area contributed by atoms with E-state index in [0.29, 0.717) is 47.0 Å². The Bertz CT molecular complexity index is 1160. The van der Waals surface area contributed by atoms with Crippen molar-refractivity contribution in [3.05, 3.63) is 75.6 Å². The number of fused-ring (bicyclic) bond motifs is 1. The summed E-state index contributed by atoms with van der Waals surface area (Å²) in [5, 5.41) is 3.24. The highest BCUT2D eigenvalue weighted by Gasteiger charge is 2.31. The number of amides is 1. The minimum absolute atomic E-state index is 0.161. The summed E-state index contributed by atoms with van der Waals surface area (Å²) in [7, 11) is 0. The highest BCUT2D eigenvalue weighted by Crippen LogP contribution is 2.38. The molecule has 2 heterocycles. The Hall–Kier alpha value is -3.26. The normalized spacial score (nSPS) is 15.1. The average molecular weight is 452 g/mol. The number of benzene rings is 2. The van der Waals surface area contributed by atoms with Crippen LogP contribution in [0.4, 0.5) is 5.82 Å². The van der Waals surface area contributed by atoms with Crippen molar-refractivity contribution in [2.24, 2.45) is 0 Å². The van der Waals surface area contributed by atoms with E-state index in [0.717, 1.165) is 11.1 Å². The molecule has 3 aromatic rings. The SMILES string of the molecule is CCOc1ccc([C@H]2CC(=O)Nc3nc(SCc4ccccc4)[nH]c(=O)c32)cc1OCC. The number of carbonyl (C=O) groups excluding carboxylic acids is 1. The summed E-state index contributed by atoms with van der Waals surface area (Å²) in [6, 6.07) is 15.5. The van der Waals surface area contributed by atoms with Gasteiger partial charge in [-0.1, -0.05) is 48.2 Å². The van der Waals surface area contributed by atoms with E-state index in [2.05, 4.69) is 15.3 Å². The molecule has 0 fully saturated rings. The number of aromatic amines is 1. The Morgan fingerprint density at radius 3 is 2.53 bits per heavy atom. The molecule has 0 unspecified atom stereocenters. The molecule has 1 atom stereocenters. The fourth-order valence-electron chi connectivity index (χ4n) is 3.71. The van der Waals surface area contributed by atoms with Crippen molar-refractivity contribution < 1.29 is 14.3 Å². The summed E-state index contributed by atoms with van der Waals surface area (Å²) in [4.78, 5) is 32.9. The lowest BCUT2D eigenvalue weighted by Gasteiger charge is -2.25. The predicted octanol–water partition coefficient (Wildman–Crippen LogP) is 4.33. The number of H-pyrrole nitrogens is 1. The number of ether oxygens (including phenoxy) is 2. The second kappa shape index (κ2) is 9.91. The first-order valence-electron chi connectivity index (χ1n) is 10.6. The van der Waals surface area contributed by atoms with Crippen LogP contribution in [0.3, 0.4) is 0 Å². The van der Waals surface area contributed by atoms with Gasteiger partial charge < -0.3 is 19.8 Å². The maximum absolute atomic E-state index is 13.1. The summed E-state index contributed by atoms with van der Waals surface area (Å²) in [6.07, 6.45) is 0.161. The Balaban J connectivity index is 1.66. The number of hydrogen-bond donors (Lipinski definition) is 2. The molecule has 0 saturated carbocycles.